The lowest BCUT2D eigenvalue weighted by molar-refractivity contribution is 0.571. The molecule has 98 valence electrons. The van der Waals surface area contributed by atoms with Crippen molar-refractivity contribution in [1.82, 2.24) is 14.8 Å². The number of primary sulfonamides is 1. The highest BCUT2D eigenvalue weighted by Gasteiger charge is 2.20. The second-order valence-corrected chi connectivity index (χ2v) is 5.24. The van der Waals surface area contributed by atoms with E-state index in [4.69, 9.17) is 10.4 Å². The molecule has 0 bridgehead atoms. The molecule has 1 heterocycles. The van der Waals surface area contributed by atoms with Gasteiger partial charge >= 0.3 is 0 Å². The van der Waals surface area contributed by atoms with Gasteiger partial charge in [0.15, 0.2) is 5.82 Å². The van der Waals surface area contributed by atoms with Gasteiger partial charge in [0.05, 0.1) is 11.6 Å². The maximum absolute atomic E-state index is 11.4. The van der Waals surface area contributed by atoms with Crippen molar-refractivity contribution in [3.05, 3.63) is 29.8 Å². The first-order chi connectivity index (χ1) is 8.97. The van der Waals surface area contributed by atoms with Crippen molar-refractivity contribution in [2.45, 2.75) is 18.6 Å². The normalized spacial score (nSPS) is 11.2. The molecule has 0 saturated carbocycles. The molecule has 0 aliphatic heterocycles. The Kier molecular flexibility index (Phi) is 3.33. The molecule has 0 atom stereocenters. The molecule has 2 aromatic rings. The Hall–Kier alpha value is -2.24. The summed E-state index contributed by atoms with van der Waals surface area (Å²) in [5.41, 5.74) is 1.18. The van der Waals surface area contributed by atoms with Gasteiger partial charge in [-0.25, -0.2) is 13.6 Å². The van der Waals surface area contributed by atoms with Crippen LogP contribution in [0.5, 0.6) is 0 Å². The average Bonchev–Trinajstić information content (AvgIpc) is 2.82. The van der Waals surface area contributed by atoms with E-state index in [1.165, 1.54) is 4.57 Å². The number of nitrogens with zero attached hydrogens (tertiary/aromatic N) is 4. The Morgan fingerprint density at radius 2 is 1.95 bits per heavy atom. The molecule has 0 fully saturated rings. The van der Waals surface area contributed by atoms with Crippen LogP contribution >= 0.6 is 0 Å². The fraction of sp³-hybridized carbons (Fsp3) is 0.182. The molecule has 0 unspecified atom stereocenters. The van der Waals surface area contributed by atoms with E-state index in [1.807, 2.05) is 6.07 Å². The van der Waals surface area contributed by atoms with Crippen LogP contribution in [0.2, 0.25) is 0 Å². The van der Waals surface area contributed by atoms with Crippen LogP contribution in [-0.2, 0) is 16.6 Å². The fourth-order valence-corrected chi connectivity index (χ4v) is 2.37. The Bertz CT molecular complexity index is 740. The van der Waals surface area contributed by atoms with Crippen molar-refractivity contribution < 1.29 is 8.42 Å². The van der Waals surface area contributed by atoms with E-state index in [9.17, 15) is 8.42 Å². The number of rotatable bonds is 3. The van der Waals surface area contributed by atoms with Crippen molar-refractivity contribution in [1.29, 1.82) is 5.26 Å². The summed E-state index contributed by atoms with van der Waals surface area (Å²) in [5, 5.41) is 21.0. The first kappa shape index (κ1) is 13.2. The summed E-state index contributed by atoms with van der Waals surface area (Å²) in [4.78, 5) is 0. The fourth-order valence-electron chi connectivity index (χ4n) is 1.69. The molecule has 0 radical (unpaired) electrons. The molecular weight excluding hydrogens is 266 g/mol. The summed E-state index contributed by atoms with van der Waals surface area (Å²) in [5.74, 6) is 0.399. The molecule has 0 aliphatic carbocycles. The van der Waals surface area contributed by atoms with Gasteiger partial charge in [-0.05, 0) is 31.2 Å². The second-order valence-electron chi connectivity index (χ2n) is 3.78. The lowest BCUT2D eigenvalue weighted by atomic mass is 10.1. The third-order valence-corrected chi connectivity index (χ3v) is 3.37. The summed E-state index contributed by atoms with van der Waals surface area (Å²) >= 11 is 0. The topological polar surface area (TPSA) is 115 Å². The molecule has 7 nitrogen and oxygen atoms in total. The van der Waals surface area contributed by atoms with Crippen molar-refractivity contribution in [2.24, 2.45) is 5.14 Å². The van der Waals surface area contributed by atoms with Crippen LogP contribution in [0.1, 0.15) is 12.5 Å². The smallest absolute Gasteiger partial charge is 0.273 e. The minimum atomic E-state index is -3.91. The number of aromatic nitrogens is 3. The Morgan fingerprint density at radius 1 is 1.32 bits per heavy atom. The number of nitrogens with two attached hydrogens (primary N) is 1. The molecule has 1 aromatic heterocycles. The van der Waals surface area contributed by atoms with Gasteiger partial charge in [-0.1, -0.05) is 0 Å². The van der Waals surface area contributed by atoms with Gasteiger partial charge in [-0.3, -0.25) is 4.57 Å². The van der Waals surface area contributed by atoms with Crippen molar-refractivity contribution in [2.75, 3.05) is 0 Å². The summed E-state index contributed by atoms with van der Waals surface area (Å²) < 4.78 is 24.2. The summed E-state index contributed by atoms with van der Waals surface area (Å²) in [7, 11) is -3.91. The van der Waals surface area contributed by atoms with Crippen molar-refractivity contribution in [3.8, 4) is 17.5 Å². The zero-order chi connectivity index (χ0) is 14.0. The standard InChI is InChI=1S/C11H11N5O2S/c1-2-16-10(14-15-11(16)19(13,17)18)9-5-3-8(7-12)4-6-9/h3-6H,2H2,1H3,(H2,13,17,18). The van der Waals surface area contributed by atoms with Gasteiger partial charge in [-0.15, -0.1) is 10.2 Å². The molecular formula is C11H11N5O2S. The zero-order valence-corrected chi connectivity index (χ0v) is 10.9. The second kappa shape index (κ2) is 4.79. The molecule has 2 N–H and O–H groups in total. The van der Waals surface area contributed by atoms with E-state index in [0.717, 1.165) is 0 Å². The predicted molar refractivity (Wildman–Crippen MR) is 67.2 cm³/mol. The van der Waals surface area contributed by atoms with E-state index < -0.39 is 10.0 Å². The minimum absolute atomic E-state index is 0.269. The van der Waals surface area contributed by atoms with Crippen LogP contribution in [0.25, 0.3) is 11.4 Å². The highest BCUT2D eigenvalue weighted by molar-refractivity contribution is 7.89. The van der Waals surface area contributed by atoms with Gasteiger partial charge in [0.2, 0.25) is 0 Å². The van der Waals surface area contributed by atoms with Crippen LogP contribution in [0, 0.1) is 11.3 Å². The van der Waals surface area contributed by atoms with Crippen LogP contribution in [0.3, 0.4) is 0 Å². The van der Waals surface area contributed by atoms with E-state index >= 15 is 0 Å². The van der Waals surface area contributed by atoms with Gasteiger partial charge in [0.1, 0.15) is 0 Å². The van der Waals surface area contributed by atoms with Gasteiger partial charge < -0.3 is 0 Å². The highest BCUT2D eigenvalue weighted by Crippen LogP contribution is 2.20. The van der Waals surface area contributed by atoms with Gasteiger partial charge in [0.25, 0.3) is 15.2 Å². The van der Waals surface area contributed by atoms with Gasteiger partial charge in [-0.2, -0.15) is 5.26 Å². The number of nitriles is 1. The maximum atomic E-state index is 11.4. The predicted octanol–water partition coefficient (Wildman–Crippen LogP) is 0.484. The molecule has 0 saturated heterocycles. The van der Waals surface area contributed by atoms with E-state index in [1.54, 1.807) is 31.2 Å². The number of hydrogen-bond donors (Lipinski definition) is 1. The summed E-state index contributed by atoms with van der Waals surface area (Å²) in [6, 6.07) is 8.62. The highest BCUT2D eigenvalue weighted by atomic mass is 32.2. The minimum Gasteiger partial charge on any atom is -0.297 e. The Labute approximate surface area is 110 Å². The molecule has 0 spiro atoms. The van der Waals surface area contributed by atoms with Crippen molar-refractivity contribution >= 4 is 10.0 Å². The molecule has 19 heavy (non-hydrogen) atoms. The molecule has 2 rings (SSSR count). The molecule has 0 amide bonds. The molecule has 8 heteroatoms. The maximum Gasteiger partial charge on any atom is 0.273 e. The van der Waals surface area contributed by atoms with Crippen LogP contribution < -0.4 is 5.14 Å². The summed E-state index contributed by atoms with van der Waals surface area (Å²) in [6.45, 7) is 2.14. The lowest BCUT2D eigenvalue weighted by Crippen LogP contribution is -2.18. The van der Waals surface area contributed by atoms with Crippen LogP contribution in [0.4, 0.5) is 0 Å². The first-order valence-electron chi connectivity index (χ1n) is 5.44. The SMILES string of the molecule is CCn1c(-c2ccc(C#N)cc2)nnc1S(N)(=O)=O. The Balaban J connectivity index is 2.57. The molecule has 0 aliphatic rings. The monoisotopic (exact) mass is 277 g/mol. The average molecular weight is 277 g/mol. The summed E-state index contributed by atoms with van der Waals surface area (Å²) in [6.07, 6.45) is 0. The largest absolute Gasteiger partial charge is 0.297 e. The number of hydrogen-bond acceptors (Lipinski definition) is 5. The third-order valence-electron chi connectivity index (χ3n) is 2.56. The lowest BCUT2D eigenvalue weighted by Gasteiger charge is -2.05. The first-order valence-corrected chi connectivity index (χ1v) is 6.98. The third kappa shape index (κ3) is 2.47. The van der Waals surface area contributed by atoms with Crippen LogP contribution in [-0.4, -0.2) is 23.2 Å². The quantitative estimate of drug-likeness (QED) is 0.876. The zero-order valence-electron chi connectivity index (χ0n) is 10.1. The van der Waals surface area contributed by atoms with Crippen molar-refractivity contribution in [3.63, 3.8) is 0 Å². The van der Waals surface area contributed by atoms with Crippen LogP contribution in [0.15, 0.2) is 29.4 Å². The van der Waals surface area contributed by atoms with E-state index in [0.29, 0.717) is 23.5 Å². The number of benzene rings is 1. The van der Waals surface area contributed by atoms with E-state index in [2.05, 4.69) is 10.2 Å². The number of sulfonamides is 1. The van der Waals surface area contributed by atoms with Gasteiger partial charge in [0, 0.05) is 12.1 Å². The molecule has 1 aromatic carbocycles. The Morgan fingerprint density at radius 3 is 2.42 bits per heavy atom. The van der Waals surface area contributed by atoms with E-state index in [-0.39, 0.29) is 5.16 Å².